The summed E-state index contributed by atoms with van der Waals surface area (Å²) in [6, 6.07) is 14.1. The van der Waals surface area contributed by atoms with Crippen LogP contribution in [0.3, 0.4) is 0 Å². The maximum absolute atomic E-state index is 3.57. The average molecular weight is 285 g/mol. The third kappa shape index (κ3) is 2.68. The normalized spacial score (nSPS) is 19.0. The van der Waals surface area contributed by atoms with Crippen molar-refractivity contribution in [1.29, 1.82) is 0 Å². The second-order valence-electron chi connectivity index (χ2n) is 5.66. The van der Waals surface area contributed by atoms with Crippen molar-refractivity contribution < 1.29 is 0 Å². The Labute approximate surface area is 126 Å². The van der Waals surface area contributed by atoms with Crippen molar-refractivity contribution in [2.45, 2.75) is 44.6 Å². The number of hydrogen-bond acceptors (Lipinski definition) is 2. The highest BCUT2D eigenvalue weighted by Gasteiger charge is 2.28. The molecule has 0 amide bonds. The molecule has 3 rings (SSSR count). The molecule has 0 fully saturated rings. The van der Waals surface area contributed by atoms with Crippen LogP contribution in [0.15, 0.2) is 36.4 Å². The van der Waals surface area contributed by atoms with Crippen molar-refractivity contribution >= 4 is 11.3 Å². The maximum Gasteiger partial charge on any atom is 0.0181 e. The Balaban J connectivity index is 1.77. The van der Waals surface area contributed by atoms with Crippen molar-refractivity contribution in [3.05, 3.63) is 57.3 Å². The van der Waals surface area contributed by atoms with Crippen LogP contribution in [0.1, 0.15) is 40.1 Å². The summed E-state index contributed by atoms with van der Waals surface area (Å²) in [7, 11) is 2.11. The van der Waals surface area contributed by atoms with E-state index in [1.165, 1.54) is 22.6 Å². The highest BCUT2D eigenvalue weighted by molar-refractivity contribution is 7.11. The van der Waals surface area contributed by atoms with Gasteiger partial charge in [0, 0.05) is 21.7 Å². The molecule has 1 aliphatic rings. The number of likely N-dealkylation sites (N-methyl/N-ethyl adjacent to an activating group) is 1. The second kappa shape index (κ2) is 6.11. The van der Waals surface area contributed by atoms with E-state index in [0.717, 1.165) is 12.8 Å². The van der Waals surface area contributed by atoms with Gasteiger partial charge in [0.15, 0.2) is 0 Å². The minimum Gasteiger partial charge on any atom is -0.316 e. The molecule has 2 atom stereocenters. The third-order valence-corrected chi connectivity index (χ3v) is 5.77. The largest absolute Gasteiger partial charge is 0.316 e. The standard InChI is InChI=1S/C18H23NS/c1-3-14-9-10-15(20-14)12-18(19-2)17-11-8-13-6-4-5-7-16(13)17/h4-7,9-10,17-19H,3,8,11-12H2,1-2H3. The van der Waals surface area contributed by atoms with Gasteiger partial charge >= 0.3 is 0 Å². The van der Waals surface area contributed by atoms with Crippen LogP contribution in [0, 0.1) is 0 Å². The van der Waals surface area contributed by atoms with Crippen molar-refractivity contribution in [2.24, 2.45) is 0 Å². The molecule has 1 aromatic heterocycles. The molecule has 0 aliphatic heterocycles. The molecule has 0 bridgehead atoms. The Morgan fingerprint density at radius 1 is 1.20 bits per heavy atom. The number of thiophene rings is 1. The SMILES string of the molecule is CCc1ccc(CC(NC)C2CCc3ccccc32)s1. The van der Waals surface area contributed by atoms with Gasteiger partial charge in [0.2, 0.25) is 0 Å². The van der Waals surface area contributed by atoms with Crippen LogP contribution in [0.4, 0.5) is 0 Å². The van der Waals surface area contributed by atoms with Crippen LogP contribution in [0.5, 0.6) is 0 Å². The van der Waals surface area contributed by atoms with Crippen LogP contribution in [0.25, 0.3) is 0 Å². The Bertz CT molecular complexity index is 572. The average Bonchev–Trinajstić information content (AvgIpc) is 3.11. The van der Waals surface area contributed by atoms with Gasteiger partial charge in [-0.2, -0.15) is 0 Å². The quantitative estimate of drug-likeness (QED) is 0.869. The van der Waals surface area contributed by atoms with Gasteiger partial charge in [-0.15, -0.1) is 11.3 Å². The van der Waals surface area contributed by atoms with E-state index >= 15 is 0 Å². The van der Waals surface area contributed by atoms with Gasteiger partial charge in [0.25, 0.3) is 0 Å². The van der Waals surface area contributed by atoms with Crippen molar-refractivity contribution in [1.82, 2.24) is 5.32 Å². The Morgan fingerprint density at radius 3 is 2.75 bits per heavy atom. The zero-order valence-corrected chi connectivity index (χ0v) is 13.2. The summed E-state index contributed by atoms with van der Waals surface area (Å²) in [4.78, 5) is 3.02. The van der Waals surface area contributed by atoms with E-state index in [2.05, 4.69) is 55.7 Å². The fourth-order valence-electron chi connectivity index (χ4n) is 3.39. The molecular formula is C18H23NS. The Morgan fingerprint density at radius 2 is 2.00 bits per heavy atom. The van der Waals surface area contributed by atoms with Crippen LogP contribution in [0.2, 0.25) is 0 Å². The van der Waals surface area contributed by atoms with Crippen LogP contribution in [-0.2, 0) is 19.3 Å². The van der Waals surface area contributed by atoms with E-state index in [1.54, 1.807) is 11.1 Å². The highest BCUT2D eigenvalue weighted by Crippen LogP contribution is 2.36. The Kier molecular flexibility index (Phi) is 4.23. The van der Waals surface area contributed by atoms with Gasteiger partial charge in [0.05, 0.1) is 0 Å². The van der Waals surface area contributed by atoms with Gasteiger partial charge in [-0.1, -0.05) is 31.2 Å². The van der Waals surface area contributed by atoms with E-state index in [-0.39, 0.29) is 0 Å². The second-order valence-corrected chi connectivity index (χ2v) is 6.92. The molecule has 0 spiro atoms. The lowest BCUT2D eigenvalue weighted by molar-refractivity contribution is 0.458. The molecule has 2 heteroatoms. The molecule has 2 unspecified atom stereocenters. The summed E-state index contributed by atoms with van der Waals surface area (Å²) in [6.07, 6.45) is 4.84. The summed E-state index contributed by atoms with van der Waals surface area (Å²) in [5, 5.41) is 3.57. The topological polar surface area (TPSA) is 12.0 Å². The molecule has 1 heterocycles. The van der Waals surface area contributed by atoms with Gasteiger partial charge in [-0.05, 0) is 56.0 Å². The fraction of sp³-hybridized carbons (Fsp3) is 0.444. The summed E-state index contributed by atoms with van der Waals surface area (Å²) in [5.41, 5.74) is 3.12. The monoisotopic (exact) mass is 285 g/mol. The van der Waals surface area contributed by atoms with Crippen molar-refractivity contribution in [2.75, 3.05) is 7.05 Å². The van der Waals surface area contributed by atoms with E-state index < -0.39 is 0 Å². The highest BCUT2D eigenvalue weighted by atomic mass is 32.1. The van der Waals surface area contributed by atoms with Crippen molar-refractivity contribution in [3.63, 3.8) is 0 Å². The molecule has 1 aromatic carbocycles. The first kappa shape index (κ1) is 13.8. The third-order valence-electron chi connectivity index (χ3n) is 4.52. The van der Waals surface area contributed by atoms with Gasteiger partial charge < -0.3 is 5.32 Å². The molecule has 1 N–H and O–H groups in total. The van der Waals surface area contributed by atoms with Crippen LogP contribution < -0.4 is 5.32 Å². The maximum atomic E-state index is 3.57. The van der Waals surface area contributed by atoms with Crippen molar-refractivity contribution in [3.8, 4) is 0 Å². The molecule has 2 aromatic rings. The number of aryl methyl sites for hydroxylation is 2. The van der Waals surface area contributed by atoms with E-state index in [1.807, 2.05) is 11.3 Å². The summed E-state index contributed by atoms with van der Waals surface area (Å²) in [5.74, 6) is 0.670. The molecule has 0 saturated heterocycles. The predicted molar refractivity (Wildman–Crippen MR) is 87.8 cm³/mol. The lowest BCUT2D eigenvalue weighted by Gasteiger charge is -2.23. The zero-order chi connectivity index (χ0) is 13.9. The Hall–Kier alpha value is -1.12. The van der Waals surface area contributed by atoms with Gasteiger partial charge in [0.1, 0.15) is 0 Å². The molecule has 1 aliphatic carbocycles. The van der Waals surface area contributed by atoms with Crippen LogP contribution >= 0.6 is 11.3 Å². The summed E-state index contributed by atoms with van der Waals surface area (Å²) < 4.78 is 0. The molecule has 20 heavy (non-hydrogen) atoms. The molecule has 0 saturated carbocycles. The lowest BCUT2D eigenvalue weighted by atomic mass is 9.91. The predicted octanol–water partition coefficient (Wildman–Crippen LogP) is 4.17. The van der Waals surface area contributed by atoms with E-state index in [9.17, 15) is 0 Å². The molecule has 0 radical (unpaired) electrons. The summed E-state index contributed by atoms with van der Waals surface area (Å²) in [6.45, 7) is 2.23. The smallest absolute Gasteiger partial charge is 0.0181 e. The minimum atomic E-state index is 0.557. The first-order valence-corrected chi connectivity index (χ1v) is 8.46. The van der Waals surface area contributed by atoms with Crippen LogP contribution in [-0.4, -0.2) is 13.1 Å². The number of rotatable bonds is 5. The minimum absolute atomic E-state index is 0.557. The lowest BCUT2D eigenvalue weighted by Crippen LogP contribution is -2.33. The number of nitrogens with one attached hydrogen (secondary N) is 1. The fourth-order valence-corrected chi connectivity index (χ4v) is 4.41. The molecule has 106 valence electrons. The molecular weight excluding hydrogens is 262 g/mol. The van der Waals surface area contributed by atoms with Gasteiger partial charge in [-0.3, -0.25) is 0 Å². The van der Waals surface area contributed by atoms with Gasteiger partial charge in [-0.25, -0.2) is 0 Å². The number of fused-ring (bicyclic) bond motifs is 1. The van der Waals surface area contributed by atoms with E-state index in [4.69, 9.17) is 0 Å². The molecule has 1 nitrogen and oxygen atoms in total. The number of benzene rings is 1. The first-order chi connectivity index (χ1) is 9.81. The number of hydrogen-bond donors (Lipinski definition) is 1. The zero-order valence-electron chi connectivity index (χ0n) is 12.4. The summed E-state index contributed by atoms with van der Waals surface area (Å²) >= 11 is 1.98. The first-order valence-electron chi connectivity index (χ1n) is 7.64. The van der Waals surface area contributed by atoms with E-state index in [0.29, 0.717) is 12.0 Å².